The molecular formula is C14H21N3. The Labute approximate surface area is 103 Å². The summed E-state index contributed by atoms with van der Waals surface area (Å²) in [5, 5.41) is 0. The average molecular weight is 231 g/mol. The molecule has 0 N–H and O–H groups in total. The van der Waals surface area contributed by atoms with Gasteiger partial charge >= 0.3 is 0 Å². The first-order valence-corrected chi connectivity index (χ1v) is 6.69. The van der Waals surface area contributed by atoms with Gasteiger partial charge in [0.2, 0.25) is 0 Å². The molecule has 3 rings (SSSR count). The molecule has 0 aliphatic carbocycles. The first-order valence-electron chi connectivity index (χ1n) is 6.69. The smallest absolute Gasteiger partial charge is 0.0397 e. The van der Waals surface area contributed by atoms with Crippen LogP contribution in [0.2, 0.25) is 0 Å². The van der Waals surface area contributed by atoms with Gasteiger partial charge in [0, 0.05) is 43.1 Å². The number of aromatic nitrogens is 1. The zero-order chi connectivity index (χ0) is 11.7. The lowest BCUT2D eigenvalue weighted by molar-refractivity contribution is 0.286. The van der Waals surface area contributed by atoms with Crippen LogP contribution in [0.4, 0.5) is 5.69 Å². The van der Waals surface area contributed by atoms with E-state index in [0.717, 1.165) is 0 Å². The fourth-order valence-electron chi connectivity index (χ4n) is 3.34. The van der Waals surface area contributed by atoms with Gasteiger partial charge in [0.05, 0.1) is 0 Å². The molecule has 2 aliphatic heterocycles. The van der Waals surface area contributed by atoms with E-state index >= 15 is 0 Å². The second-order valence-corrected chi connectivity index (χ2v) is 5.50. The molecule has 1 aromatic rings. The van der Waals surface area contributed by atoms with E-state index in [2.05, 4.69) is 33.8 Å². The van der Waals surface area contributed by atoms with Crippen molar-refractivity contribution in [2.24, 2.45) is 5.41 Å². The lowest BCUT2D eigenvalue weighted by Gasteiger charge is -2.25. The Morgan fingerprint density at radius 2 is 1.94 bits per heavy atom. The highest BCUT2D eigenvalue weighted by Crippen LogP contribution is 2.40. The molecule has 1 atom stereocenters. The van der Waals surface area contributed by atoms with E-state index in [0.29, 0.717) is 5.41 Å². The normalized spacial score (nSPS) is 29.4. The first kappa shape index (κ1) is 11.0. The summed E-state index contributed by atoms with van der Waals surface area (Å²) < 4.78 is 0. The number of nitrogens with zero attached hydrogens (tertiary/aromatic N) is 3. The van der Waals surface area contributed by atoms with E-state index in [1.807, 2.05) is 12.4 Å². The van der Waals surface area contributed by atoms with Gasteiger partial charge in [-0.05, 0) is 38.1 Å². The highest BCUT2D eigenvalue weighted by molar-refractivity contribution is 5.46. The highest BCUT2D eigenvalue weighted by Gasteiger charge is 2.42. The summed E-state index contributed by atoms with van der Waals surface area (Å²) in [4.78, 5) is 9.22. The molecule has 1 unspecified atom stereocenters. The predicted octanol–water partition coefficient (Wildman–Crippen LogP) is 2.00. The van der Waals surface area contributed by atoms with E-state index in [1.165, 1.54) is 51.3 Å². The van der Waals surface area contributed by atoms with E-state index in [-0.39, 0.29) is 0 Å². The van der Waals surface area contributed by atoms with Crippen LogP contribution in [-0.4, -0.2) is 42.6 Å². The van der Waals surface area contributed by atoms with E-state index < -0.39 is 0 Å². The number of hydrogen-bond donors (Lipinski definition) is 0. The minimum Gasteiger partial charge on any atom is -0.371 e. The summed E-state index contributed by atoms with van der Waals surface area (Å²) in [6.07, 6.45) is 6.52. The molecule has 2 saturated heterocycles. The topological polar surface area (TPSA) is 19.4 Å². The Hall–Kier alpha value is -1.09. The zero-order valence-electron chi connectivity index (χ0n) is 10.6. The molecule has 2 aliphatic rings. The van der Waals surface area contributed by atoms with Gasteiger partial charge in [-0.15, -0.1) is 0 Å². The number of likely N-dealkylation sites (tertiary alicyclic amines) is 1. The van der Waals surface area contributed by atoms with Gasteiger partial charge < -0.3 is 9.80 Å². The molecule has 1 spiro atoms. The van der Waals surface area contributed by atoms with Crippen LogP contribution in [0.3, 0.4) is 0 Å². The van der Waals surface area contributed by atoms with Crippen molar-refractivity contribution in [3.8, 4) is 0 Å². The second kappa shape index (κ2) is 4.30. The van der Waals surface area contributed by atoms with E-state index in [4.69, 9.17) is 0 Å². The van der Waals surface area contributed by atoms with Crippen molar-refractivity contribution in [2.75, 3.05) is 37.6 Å². The van der Waals surface area contributed by atoms with E-state index in [1.54, 1.807) is 0 Å². The maximum Gasteiger partial charge on any atom is 0.0397 e. The van der Waals surface area contributed by atoms with Crippen LogP contribution in [-0.2, 0) is 0 Å². The highest BCUT2D eigenvalue weighted by atomic mass is 15.2. The average Bonchev–Trinajstić information content (AvgIpc) is 2.99. The maximum atomic E-state index is 4.10. The van der Waals surface area contributed by atoms with Crippen LogP contribution in [0, 0.1) is 5.41 Å². The van der Waals surface area contributed by atoms with Crippen LogP contribution in [0.5, 0.6) is 0 Å². The molecule has 0 aromatic carbocycles. The lowest BCUT2D eigenvalue weighted by atomic mass is 9.86. The van der Waals surface area contributed by atoms with Gasteiger partial charge in [0.1, 0.15) is 0 Å². The monoisotopic (exact) mass is 231 g/mol. The molecular weight excluding hydrogens is 210 g/mol. The Balaban J connectivity index is 1.70. The maximum absolute atomic E-state index is 4.10. The van der Waals surface area contributed by atoms with Gasteiger partial charge in [-0.25, -0.2) is 0 Å². The fraction of sp³-hybridized carbons (Fsp3) is 0.643. The molecule has 1 aromatic heterocycles. The minimum absolute atomic E-state index is 0.569. The Bertz CT molecular complexity index is 378. The quantitative estimate of drug-likeness (QED) is 0.776. The van der Waals surface area contributed by atoms with Gasteiger partial charge in [-0.1, -0.05) is 6.92 Å². The molecule has 17 heavy (non-hydrogen) atoms. The molecule has 0 radical (unpaired) electrons. The summed E-state index contributed by atoms with van der Waals surface area (Å²) in [5.74, 6) is 0. The zero-order valence-corrected chi connectivity index (χ0v) is 10.6. The number of rotatable bonds is 2. The second-order valence-electron chi connectivity index (χ2n) is 5.50. The predicted molar refractivity (Wildman–Crippen MR) is 70.2 cm³/mol. The third-order valence-corrected chi connectivity index (χ3v) is 4.43. The van der Waals surface area contributed by atoms with Crippen molar-refractivity contribution in [2.45, 2.75) is 19.8 Å². The molecule has 3 nitrogen and oxygen atoms in total. The Morgan fingerprint density at radius 3 is 2.65 bits per heavy atom. The van der Waals surface area contributed by atoms with Crippen molar-refractivity contribution >= 4 is 5.69 Å². The largest absolute Gasteiger partial charge is 0.371 e. The third-order valence-electron chi connectivity index (χ3n) is 4.43. The summed E-state index contributed by atoms with van der Waals surface area (Å²) in [6, 6.07) is 4.26. The van der Waals surface area contributed by atoms with Crippen molar-refractivity contribution in [3.63, 3.8) is 0 Å². The molecule has 3 heteroatoms. The summed E-state index contributed by atoms with van der Waals surface area (Å²) in [5.41, 5.74) is 1.91. The fourth-order valence-corrected chi connectivity index (χ4v) is 3.34. The summed E-state index contributed by atoms with van der Waals surface area (Å²) in [7, 11) is 0. The van der Waals surface area contributed by atoms with Crippen LogP contribution < -0.4 is 4.90 Å². The molecule has 0 saturated carbocycles. The van der Waals surface area contributed by atoms with Gasteiger partial charge in [-0.3, -0.25) is 4.98 Å². The van der Waals surface area contributed by atoms with Gasteiger partial charge in [-0.2, -0.15) is 0 Å². The van der Waals surface area contributed by atoms with Gasteiger partial charge in [0.25, 0.3) is 0 Å². The first-order chi connectivity index (χ1) is 8.31. The van der Waals surface area contributed by atoms with Crippen LogP contribution in [0.25, 0.3) is 0 Å². The number of anilines is 1. The molecule has 3 heterocycles. The summed E-state index contributed by atoms with van der Waals surface area (Å²) >= 11 is 0. The molecule has 92 valence electrons. The standard InChI is InChI=1S/C14H21N3/c1-2-16-9-5-14(11-16)6-10-17(12-14)13-3-7-15-8-4-13/h3-4,7-8H,2,5-6,9-12H2,1H3. The van der Waals surface area contributed by atoms with Crippen LogP contribution in [0.1, 0.15) is 19.8 Å². The van der Waals surface area contributed by atoms with Crippen molar-refractivity contribution in [1.82, 2.24) is 9.88 Å². The van der Waals surface area contributed by atoms with Crippen molar-refractivity contribution in [3.05, 3.63) is 24.5 Å². The molecule has 0 amide bonds. The molecule has 0 bridgehead atoms. The number of pyridine rings is 1. The minimum atomic E-state index is 0.569. The SMILES string of the molecule is CCN1CCC2(CCN(c3ccncc3)C2)C1. The van der Waals surface area contributed by atoms with Crippen LogP contribution in [0.15, 0.2) is 24.5 Å². The Morgan fingerprint density at radius 1 is 1.18 bits per heavy atom. The molecule has 2 fully saturated rings. The van der Waals surface area contributed by atoms with Gasteiger partial charge in [0.15, 0.2) is 0 Å². The van der Waals surface area contributed by atoms with Crippen LogP contribution >= 0.6 is 0 Å². The summed E-state index contributed by atoms with van der Waals surface area (Å²) in [6.45, 7) is 8.51. The Kier molecular flexibility index (Phi) is 2.79. The van der Waals surface area contributed by atoms with Crippen molar-refractivity contribution in [1.29, 1.82) is 0 Å². The third kappa shape index (κ3) is 2.04. The van der Waals surface area contributed by atoms with E-state index in [9.17, 15) is 0 Å². The number of hydrogen-bond acceptors (Lipinski definition) is 3. The van der Waals surface area contributed by atoms with Crippen molar-refractivity contribution < 1.29 is 0 Å². The lowest BCUT2D eigenvalue weighted by Crippen LogP contribution is -2.30.